The average Bonchev–Trinajstić information content (AvgIpc) is 3.24. The number of hydrogen-bond acceptors (Lipinski definition) is 8. The average molecular weight is 383 g/mol. The minimum Gasteiger partial charge on any atom is -0.376 e. The molecule has 3 heterocycles. The molecule has 1 aliphatic heterocycles. The summed E-state index contributed by atoms with van der Waals surface area (Å²) in [4.78, 5) is 15.6. The molecular weight excluding hydrogens is 364 g/mol. The number of hydrogen-bond donors (Lipinski definition) is 0. The maximum Gasteiger partial charge on any atom is 0.165 e. The van der Waals surface area contributed by atoms with Gasteiger partial charge in [0.05, 0.1) is 32.1 Å². The van der Waals surface area contributed by atoms with Crippen LogP contribution in [0.25, 0.3) is 21.6 Å². The van der Waals surface area contributed by atoms with E-state index in [1.54, 1.807) is 10.9 Å². The molecule has 1 aliphatic rings. The van der Waals surface area contributed by atoms with Gasteiger partial charge in [0.15, 0.2) is 11.9 Å². The van der Waals surface area contributed by atoms with Gasteiger partial charge in [0.2, 0.25) is 0 Å². The normalized spacial score (nSPS) is 28.2. The molecule has 0 aromatic carbocycles. The third kappa shape index (κ3) is 3.60. The van der Waals surface area contributed by atoms with Gasteiger partial charge in [-0.05, 0) is 13.8 Å². The van der Waals surface area contributed by atoms with Gasteiger partial charge in [0, 0.05) is 23.7 Å². The van der Waals surface area contributed by atoms with Crippen molar-refractivity contribution in [1.29, 1.82) is 2.61 Å². The first kappa shape index (κ1) is 15.8. The zero-order chi connectivity index (χ0) is 19.4. The van der Waals surface area contributed by atoms with Gasteiger partial charge in [-0.15, -0.1) is 0 Å². The van der Waals surface area contributed by atoms with Gasteiger partial charge in [-0.25, -0.2) is 15.0 Å². The molecular formula is C12H16BN7O3PS. The van der Waals surface area contributed by atoms with Gasteiger partial charge in [-0.2, -0.15) is 0 Å². The van der Waals surface area contributed by atoms with Crippen LogP contribution in [-0.4, -0.2) is 61.6 Å². The number of methoxy groups -OCH3 is 1. The van der Waals surface area contributed by atoms with E-state index >= 15 is 0 Å². The summed E-state index contributed by atoms with van der Waals surface area (Å²) in [6, 6.07) is -0.636. The maximum absolute atomic E-state index is 8.94. The molecule has 131 valence electrons. The van der Waals surface area contributed by atoms with E-state index < -0.39 is 32.1 Å². The van der Waals surface area contributed by atoms with Gasteiger partial charge in [-0.1, -0.05) is 12.7 Å². The molecule has 10 nitrogen and oxygen atoms in total. The second kappa shape index (κ2) is 8.31. The third-order valence-electron chi connectivity index (χ3n) is 3.91. The summed E-state index contributed by atoms with van der Waals surface area (Å²) in [5, 5.41) is 3.82. The van der Waals surface area contributed by atoms with E-state index in [4.69, 9.17) is 21.8 Å². The zero-order valence-electron chi connectivity index (χ0n) is 15.5. The summed E-state index contributed by atoms with van der Waals surface area (Å²) in [6.45, 7) is 1.92. The van der Waals surface area contributed by atoms with Crippen molar-refractivity contribution >= 4 is 38.0 Å². The van der Waals surface area contributed by atoms with Crippen LogP contribution in [0.15, 0.2) is 17.8 Å². The zero-order valence-corrected chi connectivity index (χ0v) is 15.2. The van der Waals surface area contributed by atoms with Crippen LogP contribution in [0.5, 0.6) is 0 Å². The van der Waals surface area contributed by atoms with Gasteiger partial charge in [-0.3, -0.25) is 4.57 Å². The van der Waals surface area contributed by atoms with E-state index in [-0.39, 0.29) is 6.61 Å². The highest BCUT2D eigenvalue weighted by Crippen LogP contribution is 2.36. The predicted octanol–water partition coefficient (Wildman–Crippen LogP) is 1.80. The Kier molecular flexibility index (Phi) is 5.26. The Bertz CT molecular complexity index is 844. The number of fused-ring (bicyclic) bond motifs is 1. The van der Waals surface area contributed by atoms with Crippen molar-refractivity contribution in [3.8, 4) is 0 Å². The largest absolute Gasteiger partial charge is 0.376 e. The van der Waals surface area contributed by atoms with Crippen molar-refractivity contribution in [3.63, 3.8) is 0 Å². The van der Waals surface area contributed by atoms with E-state index in [2.05, 4.69) is 25.0 Å². The van der Waals surface area contributed by atoms with E-state index in [0.29, 0.717) is 11.2 Å². The van der Waals surface area contributed by atoms with Crippen molar-refractivity contribution < 1.29 is 13.7 Å². The van der Waals surface area contributed by atoms with Crippen molar-refractivity contribution in [3.05, 3.63) is 28.8 Å². The van der Waals surface area contributed by atoms with Crippen LogP contribution in [-0.2, 0) is 13.7 Å². The molecule has 0 N–H and O–H groups in total. The Morgan fingerprint density at radius 2 is 2.56 bits per heavy atom. The molecule has 5 atom stereocenters. The highest BCUT2D eigenvalue weighted by Gasteiger charge is 2.46. The van der Waals surface area contributed by atoms with Crippen LogP contribution in [0, 0.1) is 6.92 Å². The highest BCUT2D eigenvalue weighted by atomic mass is 32.7. The van der Waals surface area contributed by atoms with Crippen LogP contribution >= 0.6 is 19.3 Å². The fourth-order valence-electron chi connectivity index (χ4n) is 2.82. The van der Waals surface area contributed by atoms with Crippen molar-refractivity contribution in [2.24, 2.45) is 5.11 Å². The first-order valence-corrected chi connectivity index (χ1v) is 9.57. The molecule has 1 saturated heterocycles. The predicted molar refractivity (Wildman–Crippen MR) is 96.7 cm³/mol. The lowest BCUT2D eigenvalue weighted by molar-refractivity contribution is -0.0545. The van der Waals surface area contributed by atoms with E-state index in [1.165, 1.54) is 13.4 Å². The molecule has 2 unspecified atom stereocenters. The number of ether oxygens (including phenoxy) is 2. The summed E-state index contributed by atoms with van der Waals surface area (Å²) in [5.74, 6) is 0. The summed E-state index contributed by atoms with van der Waals surface area (Å²) < 4.78 is 33.4. The Morgan fingerprint density at radius 1 is 1.68 bits per heavy atom. The standard InChI is InChI=1S/C12H16BN7O3PS/c1-6-8-11(16-4-15-6)20(5-17-8)12-10(21-2)9(18-19-14)7(23-12)3-22-25-24-13/h4-5,7,9-10,12-13,24H,3H2,1-2H3/t7-,9+,10?,12-,24?/m1/s1/i13T,24D. The number of imidazole rings is 1. The molecule has 0 saturated carbocycles. The van der Waals surface area contributed by atoms with Gasteiger partial charge in [0.1, 0.15) is 25.5 Å². The number of aryl methyl sites for hydroxylation is 1. The van der Waals surface area contributed by atoms with Crippen LogP contribution in [0.2, 0.25) is 0 Å². The molecule has 1 radical (unpaired) electrons. The quantitative estimate of drug-likeness (QED) is 0.170. The molecule has 13 heteroatoms. The summed E-state index contributed by atoms with van der Waals surface area (Å²) >= 11 is 0.888. The minimum absolute atomic E-state index is 0.0803. The molecule has 0 spiro atoms. The van der Waals surface area contributed by atoms with Crippen molar-refractivity contribution in [1.82, 2.24) is 19.5 Å². The molecule has 3 rings (SSSR count). The Balaban J connectivity index is 1.86. The second-order valence-electron chi connectivity index (χ2n) is 5.21. The first-order chi connectivity index (χ1) is 13.1. The Morgan fingerprint density at radius 3 is 3.32 bits per heavy atom. The molecule has 1 fully saturated rings. The second-order valence-corrected chi connectivity index (χ2v) is 6.88. The number of rotatable bonds is 8. The fraction of sp³-hybridized carbons (Fsp3) is 0.583. The molecule has 0 aliphatic carbocycles. The SMILES string of the molecule is [2H]P([B][3H])SOC[C@H]1O[C@@H](n2cnc3c(C)ncnc32)C(OC)[C@H]1N=[N+]=[N-]. The topological polar surface area (TPSA) is 120 Å². The summed E-state index contributed by atoms with van der Waals surface area (Å²) in [5.41, 5.74) is 10.9. The third-order valence-corrected chi connectivity index (χ3v) is 4.82. The monoisotopic (exact) mass is 383 g/mol. The van der Waals surface area contributed by atoms with Crippen LogP contribution in [0.1, 0.15) is 11.9 Å². The maximum atomic E-state index is 8.94. The van der Waals surface area contributed by atoms with Gasteiger partial charge in [0.25, 0.3) is 0 Å². The van der Waals surface area contributed by atoms with Crippen LogP contribution in [0.3, 0.4) is 0 Å². The molecule has 2 aromatic rings. The summed E-state index contributed by atoms with van der Waals surface area (Å²) in [7, 11) is 1.08. The van der Waals surface area contributed by atoms with E-state index in [0.717, 1.165) is 24.9 Å². The summed E-state index contributed by atoms with van der Waals surface area (Å²) in [6.07, 6.45) is 1.25. The number of azide groups is 1. The van der Waals surface area contributed by atoms with E-state index in [9.17, 15) is 0 Å². The number of nitrogens with zero attached hydrogens (tertiary/aromatic N) is 7. The Labute approximate surface area is 153 Å². The highest BCUT2D eigenvalue weighted by molar-refractivity contribution is 8.53. The van der Waals surface area contributed by atoms with Gasteiger partial charge >= 0.3 is 0 Å². The van der Waals surface area contributed by atoms with E-state index in [1.807, 2.05) is 6.92 Å². The van der Waals surface area contributed by atoms with Gasteiger partial charge < -0.3 is 13.7 Å². The minimum atomic E-state index is -1.45. The smallest absolute Gasteiger partial charge is 0.165 e. The lowest BCUT2D eigenvalue weighted by atomic mass is 10.1. The van der Waals surface area contributed by atoms with Crippen molar-refractivity contribution in [2.75, 3.05) is 13.7 Å². The molecule has 2 aromatic heterocycles. The lowest BCUT2D eigenvalue weighted by Crippen LogP contribution is -2.33. The molecule has 0 amide bonds. The van der Waals surface area contributed by atoms with Crippen LogP contribution in [0.4, 0.5) is 0 Å². The Hall–Kier alpha value is -1.42. The van der Waals surface area contributed by atoms with Crippen LogP contribution < -0.4 is 0 Å². The molecule has 25 heavy (non-hydrogen) atoms. The van der Waals surface area contributed by atoms with Crippen molar-refractivity contribution in [2.45, 2.75) is 31.4 Å². The lowest BCUT2D eigenvalue weighted by Gasteiger charge is -2.20. The number of aromatic nitrogens is 4. The molecule has 0 bridgehead atoms. The fourth-order valence-corrected chi connectivity index (χ4v) is 3.44. The first-order valence-electron chi connectivity index (χ1n) is 8.29.